The van der Waals surface area contributed by atoms with Crippen LogP contribution in [0.4, 0.5) is 17.5 Å². The maximum absolute atomic E-state index is 10.9. The summed E-state index contributed by atoms with van der Waals surface area (Å²) in [5.74, 6) is 0.816. The standard InChI is InChI=1S/C11H19N5O3/c1-4-12-11-14-6-9(16(17)18)10(15-11)13-5-8(2)7-19-3/h6,8H,4-5,7H2,1-3H3,(H2,12,13,14,15). The Labute approximate surface area is 111 Å². The third kappa shape index (κ3) is 4.66. The molecule has 19 heavy (non-hydrogen) atoms. The lowest BCUT2D eigenvalue weighted by molar-refractivity contribution is -0.384. The van der Waals surface area contributed by atoms with Crippen molar-refractivity contribution >= 4 is 17.5 Å². The summed E-state index contributed by atoms with van der Waals surface area (Å²) in [4.78, 5) is 18.4. The minimum absolute atomic E-state index is 0.133. The summed E-state index contributed by atoms with van der Waals surface area (Å²) in [7, 11) is 1.62. The molecular formula is C11H19N5O3. The smallest absolute Gasteiger partial charge is 0.329 e. The van der Waals surface area contributed by atoms with Crippen LogP contribution in [0.1, 0.15) is 13.8 Å². The lowest BCUT2D eigenvalue weighted by atomic mass is 10.2. The van der Waals surface area contributed by atoms with Crippen LogP contribution < -0.4 is 10.6 Å². The van der Waals surface area contributed by atoms with Crippen molar-refractivity contribution in [2.75, 3.05) is 37.4 Å². The van der Waals surface area contributed by atoms with Gasteiger partial charge in [0.25, 0.3) is 0 Å². The van der Waals surface area contributed by atoms with Gasteiger partial charge in [0.15, 0.2) is 0 Å². The molecule has 1 atom stereocenters. The number of rotatable bonds is 8. The number of nitrogens with one attached hydrogen (secondary N) is 2. The quantitative estimate of drug-likeness (QED) is 0.544. The molecule has 0 radical (unpaired) electrons. The van der Waals surface area contributed by atoms with Crippen molar-refractivity contribution in [3.8, 4) is 0 Å². The lowest BCUT2D eigenvalue weighted by Gasteiger charge is -2.12. The van der Waals surface area contributed by atoms with E-state index in [0.717, 1.165) is 0 Å². The van der Waals surface area contributed by atoms with Crippen LogP contribution in [0.5, 0.6) is 0 Å². The second-order valence-corrected chi connectivity index (χ2v) is 4.16. The Morgan fingerprint density at radius 1 is 1.53 bits per heavy atom. The Morgan fingerprint density at radius 2 is 2.26 bits per heavy atom. The first-order valence-corrected chi connectivity index (χ1v) is 6.06. The summed E-state index contributed by atoms with van der Waals surface area (Å²) >= 11 is 0. The fourth-order valence-electron chi connectivity index (χ4n) is 1.50. The zero-order chi connectivity index (χ0) is 14.3. The molecule has 1 unspecified atom stereocenters. The van der Waals surface area contributed by atoms with Crippen LogP contribution in [0, 0.1) is 16.0 Å². The average Bonchev–Trinajstić information content (AvgIpc) is 2.37. The van der Waals surface area contributed by atoms with Gasteiger partial charge in [-0.3, -0.25) is 10.1 Å². The van der Waals surface area contributed by atoms with E-state index in [4.69, 9.17) is 4.74 Å². The molecule has 8 nitrogen and oxygen atoms in total. The number of methoxy groups -OCH3 is 1. The second-order valence-electron chi connectivity index (χ2n) is 4.16. The molecule has 106 valence electrons. The minimum Gasteiger partial charge on any atom is -0.384 e. The highest BCUT2D eigenvalue weighted by Crippen LogP contribution is 2.22. The summed E-state index contributed by atoms with van der Waals surface area (Å²) in [6.45, 7) is 5.65. The number of nitro groups is 1. The van der Waals surface area contributed by atoms with E-state index in [-0.39, 0.29) is 17.4 Å². The molecule has 1 aromatic rings. The molecule has 0 bridgehead atoms. The van der Waals surface area contributed by atoms with E-state index < -0.39 is 4.92 Å². The van der Waals surface area contributed by atoms with Gasteiger partial charge in [-0.1, -0.05) is 6.92 Å². The molecule has 0 fully saturated rings. The predicted octanol–water partition coefficient (Wildman–Crippen LogP) is 1.51. The topological polar surface area (TPSA) is 102 Å². The van der Waals surface area contributed by atoms with Gasteiger partial charge in [0.05, 0.1) is 11.5 Å². The minimum atomic E-state index is -0.501. The number of hydrogen-bond donors (Lipinski definition) is 2. The van der Waals surface area contributed by atoms with Gasteiger partial charge >= 0.3 is 5.69 Å². The highest BCUT2D eigenvalue weighted by atomic mass is 16.6. The van der Waals surface area contributed by atoms with Gasteiger partial charge in [0.1, 0.15) is 6.20 Å². The summed E-state index contributed by atoms with van der Waals surface area (Å²) < 4.78 is 5.01. The molecule has 1 rings (SSSR count). The maximum atomic E-state index is 10.9. The van der Waals surface area contributed by atoms with Gasteiger partial charge in [-0.25, -0.2) is 4.98 Å². The van der Waals surface area contributed by atoms with E-state index in [1.165, 1.54) is 6.20 Å². The van der Waals surface area contributed by atoms with Crippen molar-refractivity contribution < 1.29 is 9.66 Å². The molecule has 1 aromatic heterocycles. The molecular weight excluding hydrogens is 250 g/mol. The van der Waals surface area contributed by atoms with Crippen molar-refractivity contribution in [1.82, 2.24) is 9.97 Å². The van der Waals surface area contributed by atoms with Gasteiger partial charge in [-0.2, -0.15) is 4.98 Å². The summed E-state index contributed by atoms with van der Waals surface area (Å²) in [6.07, 6.45) is 1.20. The van der Waals surface area contributed by atoms with E-state index in [9.17, 15) is 10.1 Å². The van der Waals surface area contributed by atoms with Gasteiger partial charge in [-0.15, -0.1) is 0 Å². The number of anilines is 2. The van der Waals surface area contributed by atoms with Crippen LogP contribution in [-0.2, 0) is 4.74 Å². The van der Waals surface area contributed by atoms with Crippen LogP contribution >= 0.6 is 0 Å². The summed E-state index contributed by atoms with van der Waals surface area (Å²) in [6, 6.07) is 0. The number of hydrogen-bond acceptors (Lipinski definition) is 7. The SMILES string of the molecule is CCNc1ncc([N+](=O)[O-])c(NCC(C)COC)n1. The van der Waals surface area contributed by atoms with E-state index >= 15 is 0 Å². The first-order chi connectivity index (χ1) is 9.08. The highest BCUT2D eigenvalue weighted by Gasteiger charge is 2.17. The Bertz CT molecular complexity index is 427. The van der Waals surface area contributed by atoms with Crippen LogP contribution in [0.3, 0.4) is 0 Å². The van der Waals surface area contributed by atoms with Gasteiger partial charge in [0, 0.05) is 20.2 Å². The van der Waals surface area contributed by atoms with Crippen molar-refractivity contribution in [3.63, 3.8) is 0 Å². The average molecular weight is 269 g/mol. The van der Waals surface area contributed by atoms with Crippen LogP contribution in [-0.4, -0.2) is 41.7 Å². The Balaban J connectivity index is 2.82. The van der Waals surface area contributed by atoms with Crippen molar-refractivity contribution in [2.45, 2.75) is 13.8 Å². The molecule has 0 aliphatic heterocycles. The second kappa shape index (κ2) is 7.47. The maximum Gasteiger partial charge on any atom is 0.329 e. The van der Waals surface area contributed by atoms with E-state index in [0.29, 0.717) is 25.6 Å². The van der Waals surface area contributed by atoms with Gasteiger partial charge in [0.2, 0.25) is 11.8 Å². The van der Waals surface area contributed by atoms with Crippen LogP contribution in [0.15, 0.2) is 6.20 Å². The lowest BCUT2D eigenvalue weighted by Crippen LogP contribution is -2.18. The molecule has 0 saturated heterocycles. The molecule has 2 N–H and O–H groups in total. The van der Waals surface area contributed by atoms with Gasteiger partial charge in [-0.05, 0) is 12.8 Å². The van der Waals surface area contributed by atoms with Crippen molar-refractivity contribution in [2.24, 2.45) is 5.92 Å². The molecule has 0 saturated carbocycles. The van der Waals surface area contributed by atoms with Crippen LogP contribution in [0.25, 0.3) is 0 Å². The fourth-order valence-corrected chi connectivity index (χ4v) is 1.50. The van der Waals surface area contributed by atoms with Crippen LogP contribution in [0.2, 0.25) is 0 Å². The number of ether oxygens (including phenoxy) is 1. The Hall–Kier alpha value is -1.96. The first-order valence-electron chi connectivity index (χ1n) is 6.06. The first kappa shape index (κ1) is 15.1. The zero-order valence-corrected chi connectivity index (χ0v) is 11.3. The van der Waals surface area contributed by atoms with Crippen molar-refractivity contribution in [3.05, 3.63) is 16.3 Å². The van der Waals surface area contributed by atoms with Gasteiger partial charge < -0.3 is 15.4 Å². The van der Waals surface area contributed by atoms with E-state index in [1.54, 1.807) is 7.11 Å². The molecule has 0 spiro atoms. The molecule has 0 aliphatic carbocycles. The zero-order valence-electron chi connectivity index (χ0n) is 11.3. The largest absolute Gasteiger partial charge is 0.384 e. The summed E-state index contributed by atoms with van der Waals surface area (Å²) in [5, 5.41) is 16.8. The number of aromatic nitrogens is 2. The third-order valence-electron chi connectivity index (χ3n) is 2.37. The molecule has 0 aliphatic rings. The Kier molecular flexibility index (Phi) is 5.94. The third-order valence-corrected chi connectivity index (χ3v) is 2.37. The number of nitrogens with zero attached hydrogens (tertiary/aromatic N) is 3. The molecule has 0 aromatic carbocycles. The monoisotopic (exact) mass is 269 g/mol. The molecule has 1 heterocycles. The fraction of sp³-hybridized carbons (Fsp3) is 0.636. The highest BCUT2D eigenvalue weighted by molar-refractivity contribution is 5.56. The normalized spacial score (nSPS) is 11.9. The Morgan fingerprint density at radius 3 is 2.84 bits per heavy atom. The summed E-state index contributed by atoms with van der Waals surface area (Å²) in [5.41, 5.74) is -0.133. The van der Waals surface area contributed by atoms with E-state index in [2.05, 4.69) is 20.6 Å². The molecule has 0 amide bonds. The van der Waals surface area contributed by atoms with E-state index in [1.807, 2.05) is 13.8 Å². The molecule has 8 heteroatoms. The van der Waals surface area contributed by atoms with Crippen molar-refractivity contribution in [1.29, 1.82) is 0 Å². The predicted molar refractivity (Wildman–Crippen MR) is 72.4 cm³/mol.